The Morgan fingerprint density at radius 2 is 1.29 bits per heavy atom. The van der Waals surface area contributed by atoms with Crippen molar-refractivity contribution in [1.82, 2.24) is 0 Å². The molecule has 0 saturated carbocycles. The predicted octanol–water partition coefficient (Wildman–Crippen LogP) is 8.21. The molecule has 8 heteroatoms. The van der Waals surface area contributed by atoms with Gasteiger partial charge in [0, 0.05) is 20.5 Å². The number of hydrogen-bond donors (Lipinski definition) is 0. The number of oxime groups is 1. The van der Waals surface area contributed by atoms with Gasteiger partial charge in [0.05, 0.1) is 12.0 Å². The number of sulfone groups is 1. The SMILES string of the molecule is COc1ccc(C2(S(=O)(=O)c3ccccc3)ON=C(c3ccc(Br)cc3)C2(Sc2ccccc2)c2ccccc2)cc1. The Morgan fingerprint density at radius 1 is 0.714 bits per heavy atom. The molecule has 0 saturated heterocycles. The van der Waals surface area contributed by atoms with Crippen molar-refractivity contribution in [1.29, 1.82) is 0 Å². The second kappa shape index (κ2) is 11.4. The first-order chi connectivity index (χ1) is 20.4. The van der Waals surface area contributed by atoms with E-state index in [1.165, 1.54) is 11.8 Å². The van der Waals surface area contributed by atoms with Crippen molar-refractivity contribution >= 4 is 43.2 Å². The Hall–Kier alpha value is -3.85. The Balaban J connectivity index is 1.77. The zero-order valence-electron chi connectivity index (χ0n) is 22.6. The van der Waals surface area contributed by atoms with E-state index in [1.807, 2.05) is 84.9 Å². The molecule has 0 amide bonds. The van der Waals surface area contributed by atoms with Crippen LogP contribution in [0.5, 0.6) is 5.75 Å². The van der Waals surface area contributed by atoms with Gasteiger partial charge in [-0.2, -0.15) is 0 Å². The first kappa shape index (κ1) is 28.3. The Kier molecular flexibility index (Phi) is 7.70. The molecule has 1 aliphatic heterocycles. The van der Waals surface area contributed by atoms with E-state index in [0.717, 1.165) is 20.5 Å². The molecule has 2 atom stereocenters. The summed E-state index contributed by atoms with van der Waals surface area (Å²) in [5.41, 5.74) is 2.39. The largest absolute Gasteiger partial charge is 0.497 e. The summed E-state index contributed by atoms with van der Waals surface area (Å²) in [5.74, 6) is 0.596. The molecule has 5 nitrogen and oxygen atoms in total. The Labute approximate surface area is 258 Å². The van der Waals surface area contributed by atoms with Gasteiger partial charge < -0.3 is 9.57 Å². The van der Waals surface area contributed by atoms with Crippen LogP contribution >= 0.6 is 27.7 Å². The van der Waals surface area contributed by atoms with Gasteiger partial charge in [-0.1, -0.05) is 112 Å². The lowest BCUT2D eigenvalue weighted by Gasteiger charge is -2.43. The van der Waals surface area contributed by atoms with E-state index in [2.05, 4.69) is 15.9 Å². The summed E-state index contributed by atoms with van der Waals surface area (Å²) in [6.07, 6.45) is 0. The van der Waals surface area contributed by atoms with E-state index in [4.69, 9.17) is 14.7 Å². The molecule has 0 fully saturated rings. The summed E-state index contributed by atoms with van der Waals surface area (Å²) < 4.78 is 35.5. The molecule has 6 rings (SSSR count). The lowest BCUT2D eigenvalue weighted by atomic mass is 9.81. The third-order valence-electron chi connectivity index (χ3n) is 7.28. The van der Waals surface area contributed by atoms with Gasteiger partial charge in [-0.3, -0.25) is 0 Å². The zero-order valence-corrected chi connectivity index (χ0v) is 25.8. The molecule has 0 spiro atoms. The first-order valence-electron chi connectivity index (χ1n) is 13.2. The quantitative estimate of drug-likeness (QED) is 0.169. The lowest BCUT2D eigenvalue weighted by molar-refractivity contribution is 0.0281. The molecular weight excluding hydrogens is 630 g/mol. The number of benzene rings is 5. The molecule has 42 heavy (non-hydrogen) atoms. The molecular formula is C34H26BrNO4S2. The highest BCUT2D eigenvalue weighted by atomic mass is 79.9. The molecule has 5 aromatic carbocycles. The fraction of sp³-hybridized carbons (Fsp3) is 0.0882. The highest BCUT2D eigenvalue weighted by Crippen LogP contribution is 2.63. The van der Waals surface area contributed by atoms with E-state index in [-0.39, 0.29) is 4.90 Å². The first-order valence-corrected chi connectivity index (χ1v) is 16.3. The Morgan fingerprint density at radius 3 is 1.88 bits per heavy atom. The molecule has 0 N–H and O–H groups in total. The average molecular weight is 657 g/mol. The van der Waals surface area contributed by atoms with E-state index in [0.29, 0.717) is 17.0 Å². The van der Waals surface area contributed by atoms with E-state index in [9.17, 15) is 0 Å². The number of ether oxygens (including phenoxy) is 1. The standard InChI is InChI=1S/C34H26BrNO4S2/c1-39-29-23-19-27(20-24-29)34(42(37,38)31-15-9-4-10-16-31)33(26-11-5-2-6-12-26,41-30-13-7-3-8-14-30)32(36-40-34)25-17-21-28(35)22-18-25/h2-24H,1H3. The molecule has 5 aromatic rings. The van der Waals surface area contributed by atoms with Crippen molar-refractivity contribution in [3.8, 4) is 5.75 Å². The summed E-state index contributed by atoms with van der Waals surface area (Å²) in [6, 6.07) is 42.5. The van der Waals surface area contributed by atoms with Crippen molar-refractivity contribution in [3.05, 3.63) is 161 Å². The maximum Gasteiger partial charge on any atom is 0.290 e. The monoisotopic (exact) mass is 655 g/mol. The van der Waals surface area contributed by atoms with Crippen molar-refractivity contribution in [2.45, 2.75) is 19.5 Å². The number of rotatable bonds is 8. The molecule has 1 aliphatic rings. The van der Waals surface area contributed by atoms with Crippen LogP contribution in [0.25, 0.3) is 0 Å². The molecule has 2 unspecified atom stereocenters. The summed E-state index contributed by atoms with van der Waals surface area (Å²) >= 11 is 4.95. The van der Waals surface area contributed by atoms with Gasteiger partial charge in [-0.05, 0) is 54.1 Å². The summed E-state index contributed by atoms with van der Waals surface area (Å²) in [6.45, 7) is 0. The number of nitrogens with zero attached hydrogens (tertiary/aromatic N) is 1. The number of thioether (sulfide) groups is 1. The van der Waals surface area contributed by atoms with Crippen LogP contribution in [0.2, 0.25) is 0 Å². The highest BCUT2D eigenvalue weighted by molar-refractivity contribution is 9.10. The second-order valence-electron chi connectivity index (χ2n) is 9.66. The second-order valence-corrected chi connectivity index (χ2v) is 13.9. The van der Waals surface area contributed by atoms with Crippen LogP contribution in [0.15, 0.2) is 159 Å². The highest BCUT2D eigenvalue weighted by Gasteiger charge is 2.71. The molecule has 0 bridgehead atoms. The molecule has 0 radical (unpaired) electrons. The molecule has 1 heterocycles. The van der Waals surface area contributed by atoms with Gasteiger partial charge in [-0.25, -0.2) is 8.42 Å². The fourth-order valence-electron chi connectivity index (χ4n) is 5.32. The third-order valence-corrected chi connectivity index (χ3v) is 11.7. The van der Waals surface area contributed by atoms with Crippen molar-refractivity contribution < 1.29 is 18.0 Å². The summed E-state index contributed by atoms with van der Waals surface area (Å²) in [4.78, 5) is 5.46. The van der Waals surface area contributed by atoms with Crippen LogP contribution in [0.1, 0.15) is 16.7 Å². The maximum atomic E-state index is 15.3. The van der Waals surface area contributed by atoms with Gasteiger partial charge in [0.15, 0.2) is 4.75 Å². The number of halogens is 1. The number of methoxy groups -OCH3 is 1. The minimum atomic E-state index is -4.31. The minimum Gasteiger partial charge on any atom is -0.497 e. The third kappa shape index (κ3) is 4.54. The van der Waals surface area contributed by atoms with E-state index < -0.39 is 19.5 Å². The predicted molar refractivity (Wildman–Crippen MR) is 170 cm³/mol. The van der Waals surface area contributed by atoms with Crippen molar-refractivity contribution in [3.63, 3.8) is 0 Å². The average Bonchev–Trinajstić information content (AvgIpc) is 3.39. The number of hydrogen-bond acceptors (Lipinski definition) is 6. The zero-order chi connectivity index (χ0) is 29.2. The molecule has 0 aliphatic carbocycles. The van der Waals surface area contributed by atoms with E-state index >= 15 is 8.42 Å². The summed E-state index contributed by atoms with van der Waals surface area (Å²) in [5, 5.41) is 4.70. The van der Waals surface area contributed by atoms with Gasteiger partial charge in [0.2, 0.25) is 9.84 Å². The van der Waals surface area contributed by atoms with Crippen LogP contribution in [0, 0.1) is 0 Å². The van der Waals surface area contributed by atoms with Gasteiger partial charge in [0.1, 0.15) is 11.5 Å². The topological polar surface area (TPSA) is 65.0 Å². The van der Waals surface area contributed by atoms with Crippen LogP contribution in [-0.4, -0.2) is 21.2 Å². The van der Waals surface area contributed by atoms with E-state index in [1.54, 1.807) is 61.7 Å². The van der Waals surface area contributed by atoms with Gasteiger partial charge >= 0.3 is 0 Å². The normalized spacial score (nSPS) is 20.0. The van der Waals surface area contributed by atoms with Crippen LogP contribution < -0.4 is 4.74 Å². The smallest absolute Gasteiger partial charge is 0.290 e. The van der Waals surface area contributed by atoms with Crippen LogP contribution in [-0.2, 0) is 24.4 Å². The van der Waals surface area contributed by atoms with Gasteiger partial charge in [0.25, 0.3) is 4.93 Å². The molecule has 0 aromatic heterocycles. The summed E-state index contributed by atoms with van der Waals surface area (Å²) in [7, 11) is -2.73. The fourth-order valence-corrected chi connectivity index (χ4v) is 9.51. The minimum absolute atomic E-state index is 0.127. The molecule has 210 valence electrons. The van der Waals surface area contributed by atoms with Crippen molar-refractivity contribution in [2.75, 3.05) is 7.11 Å². The van der Waals surface area contributed by atoms with Crippen molar-refractivity contribution in [2.24, 2.45) is 5.16 Å². The van der Waals surface area contributed by atoms with Gasteiger partial charge in [-0.15, -0.1) is 11.8 Å². The lowest BCUT2D eigenvalue weighted by Crippen LogP contribution is -2.54. The Bertz CT molecular complexity index is 1820. The van der Waals surface area contributed by atoms with Crippen LogP contribution in [0.4, 0.5) is 0 Å². The van der Waals surface area contributed by atoms with Crippen LogP contribution in [0.3, 0.4) is 0 Å². The maximum absolute atomic E-state index is 15.3.